The average molecular weight is 224 g/mol. The number of pyridine rings is 1. The fraction of sp³-hybridized carbons (Fsp3) is 0.455. The fourth-order valence-electron chi connectivity index (χ4n) is 2.11. The number of rotatable bonds is 2. The Kier molecular flexibility index (Phi) is 2.87. The molecular formula is C11H13FN2O2. The summed E-state index contributed by atoms with van der Waals surface area (Å²) in [7, 11) is 0. The normalized spacial score (nSPS) is 19.3. The van der Waals surface area contributed by atoms with Crippen LogP contribution in [0.5, 0.6) is 0 Å². The second kappa shape index (κ2) is 4.17. The number of nitrogens with one attached hydrogen (secondary N) is 1. The number of hydrogen-bond donors (Lipinski definition) is 2. The van der Waals surface area contributed by atoms with Crippen molar-refractivity contribution in [1.29, 1.82) is 0 Å². The van der Waals surface area contributed by atoms with Crippen molar-refractivity contribution in [2.24, 2.45) is 0 Å². The zero-order valence-corrected chi connectivity index (χ0v) is 8.74. The third kappa shape index (κ3) is 1.78. The summed E-state index contributed by atoms with van der Waals surface area (Å²) in [6.07, 6.45) is 0.886. The van der Waals surface area contributed by atoms with Crippen LogP contribution in [-0.4, -0.2) is 29.1 Å². The maximum absolute atomic E-state index is 13.0. The Bertz CT molecular complexity index is 403. The van der Waals surface area contributed by atoms with Crippen molar-refractivity contribution in [1.82, 2.24) is 10.3 Å². The Labute approximate surface area is 92.5 Å². The molecule has 2 N–H and O–H groups in total. The second-order valence-corrected chi connectivity index (χ2v) is 3.98. The minimum Gasteiger partial charge on any atom is -0.481 e. The summed E-state index contributed by atoms with van der Waals surface area (Å²) < 4.78 is 13.0. The van der Waals surface area contributed by atoms with E-state index in [1.54, 1.807) is 6.07 Å². The predicted octanol–water partition coefficient (Wildman–Crippen LogP) is 0.926. The summed E-state index contributed by atoms with van der Waals surface area (Å²) in [5.74, 6) is -1.55. The van der Waals surface area contributed by atoms with Crippen molar-refractivity contribution in [3.05, 3.63) is 29.8 Å². The first-order chi connectivity index (χ1) is 7.65. The molecule has 86 valence electrons. The molecule has 1 aromatic rings. The minimum absolute atomic E-state index is 0.321. The Balaban J connectivity index is 2.42. The van der Waals surface area contributed by atoms with Gasteiger partial charge in [0.25, 0.3) is 0 Å². The van der Waals surface area contributed by atoms with Crippen molar-refractivity contribution in [3.8, 4) is 0 Å². The first kappa shape index (κ1) is 11.0. The van der Waals surface area contributed by atoms with Crippen LogP contribution in [0.25, 0.3) is 0 Å². The van der Waals surface area contributed by atoms with Gasteiger partial charge in [-0.25, -0.2) is 4.98 Å². The Morgan fingerprint density at radius 1 is 1.44 bits per heavy atom. The molecule has 0 bridgehead atoms. The number of carbonyl (C=O) groups is 1. The van der Waals surface area contributed by atoms with Crippen LogP contribution in [0.1, 0.15) is 18.5 Å². The molecule has 1 aromatic heterocycles. The van der Waals surface area contributed by atoms with E-state index in [4.69, 9.17) is 0 Å². The Morgan fingerprint density at radius 3 is 2.69 bits per heavy atom. The molecule has 2 heterocycles. The van der Waals surface area contributed by atoms with Gasteiger partial charge in [0.2, 0.25) is 5.95 Å². The molecule has 0 aromatic carbocycles. The van der Waals surface area contributed by atoms with Crippen molar-refractivity contribution in [3.63, 3.8) is 0 Å². The van der Waals surface area contributed by atoms with Crippen LogP contribution in [0.4, 0.5) is 4.39 Å². The molecule has 0 aliphatic carbocycles. The highest BCUT2D eigenvalue weighted by molar-refractivity contribution is 5.80. The third-order valence-electron chi connectivity index (χ3n) is 3.07. The van der Waals surface area contributed by atoms with Crippen LogP contribution in [-0.2, 0) is 10.2 Å². The predicted molar refractivity (Wildman–Crippen MR) is 55.6 cm³/mol. The minimum atomic E-state index is -1.03. The zero-order chi connectivity index (χ0) is 11.6. The van der Waals surface area contributed by atoms with Crippen LogP contribution in [0.2, 0.25) is 0 Å². The summed E-state index contributed by atoms with van der Waals surface area (Å²) in [5.41, 5.74) is -0.714. The fourth-order valence-corrected chi connectivity index (χ4v) is 2.11. The molecule has 1 aliphatic rings. The smallest absolute Gasteiger partial charge is 0.315 e. The maximum atomic E-state index is 13.0. The topological polar surface area (TPSA) is 62.2 Å². The van der Waals surface area contributed by atoms with Crippen LogP contribution in [0.15, 0.2) is 18.2 Å². The van der Waals surface area contributed by atoms with Gasteiger partial charge >= 0.3 is 5.97 Å². The Hall–Kier alpha value is -1.49. The lowest BCUT2D eigenvalue weighted by atomic mass is 9.76. The van der Waals surface area contributed by atoms with E-state index in [0.717, 1.165) is 0 Å². The number of carboxylic acids is 1. The van der Waals surface area contributed by atoms with Crippen molar-refractivity contribution < 1.29 is 14.3 Å². The molecule has 0 unspecified atom stereocenters. The lowest BCUT2D eigenvalue weighted by molar-refractivity contribution is -0.145. The zero-order valence-electron chi connectivity index (χ0n) is 8.74. The average Bonchev–Trinajstić information content (AvgIpc) is 2.30. The van der Waals surface area contributed by atoms with Gasteiger partial charge in [-0.05, 0) is 38.1 Å². The molecule has 0 radical (unpaired) electrons. The van der Waals surface area contributed by atoms with E-state index in [-0.39, 0.29) is 0 Å². The van der Waals surface area contributed by atoms with Crippen molar-refractivity contribution in [2.45, 2.75) is 18.3 Å². The standard InChI is InChI=1S/C11H13FN2O2/c12-9-3-1-2-8(14-9)11(10(15)16)4-6-13-7-5-11/h1-3,13H,4-7H2,(H,15,16). The number of nitrogens with zero attached hydrogens (tertiary/aromatic N) is 1. The van der Waals surface area contributed by atoms with Crippen LogP contribution in [0, 0.1) is 5.95 Å². The van der Waals surface area contributed by atoms with Gasteiger partial charge in [-0.15, -0.1) is 0 Å². The maximum Gasteiger partial charge on any atom is 0.315 e. The molecule has 2 rings (SSSR count). The van der Waals surface area contributed by atoms with Gasteiger partial charge in [-0.3, -0.25) is 4.79 Å². The van der Waals surface area contributed by atoms with E-state index < -0.39 is 17.3 Å². The summed E-state index contributed by atoms with van der Waals surface area (Å²) in [5, 5.41) is 12.4. The molecule has 0 spiro atoms. The van der Waals surface area contributed by atoms with Gasteiger partial charge in [-0.1, -0.05) is 6.07 Å². The highest BCUT2D eigenvalue weighted by Crippen LogP contribution is 2.32. The van der Waals surface area contributed by atoms with E-state index in [0.29, 0.717) is 31.6 Å². The summed E-state index contributed by atoms with van der Waals surface area (Å²) in [6, 6.07) is 4.31. The summed E-state index contributed by atoms with van der Waals surface area (Å²) in [6.45, 7) is 1.23. The Morgan fingerprint density at radius 2 is 2.12 bits per heavy atom. The first-order valence-corrected chi connectivity index (χ1v) is 5.22. The molecule has 16 heavy (non-hydrogen) atoms. The first-order valence-electron chi connectivity index (χ1n) is 5.22. The highest BCUT2D eigenvalue weighted by atomic mass is 19.1. The number of hydrogen-bond acceptors (Lipinski definition) is 3. The molecule has 4 nitrogen and oxygen atoms in total. The number of aliphatic carboxylic acids is 1. The van der Waals surface area contributed by atoms with Crippen molar-refractivity contribution in [2.75, 3.05) is 13.1 Å². The molecule has 5 heteroatoms. The van der Waals surface area contributed by atoms with E-state index in [2.05, 4.69) is 10.3 Å². The molecule has 0 amide bonds. The summed E-state index contributed by atoms with van der Waals surface area (Å²) >= 11 is 0. The quantitative estimate of drug-likeness (QED) is 0.733. The number of carboxylic acid groups (broad SMARTS) is 1. The van der Waals surface area contributed by atoms with E-state index in [9.17, 15) is 14.3 Å². The monoisotopic (exact) mass is 224 g/mol. The van der Waals surface area contributed by atoms with Crippen LogP contribution in [0.3, 0.4) is 0 Å². The highest BCUT2D eigenvalue weighted by Gasteiger charge is 2.42. The van der Waals surface area contributed by atoms with E-state index in [1.165, 1.54) is 12.1 Å². The number of halogens is 1. The van der Waals surface area contributed by atoms with Crippen LogP contribution < -0.4 is 5.32 Å². The van der Waals surface area contributed by atoms with Crippen molar-refractivity contribution >= 4 is 5.97 Å². The van der Waals surface area contributed by atoms with Gasteiger partial charge < -0.3 is 10.4 Å². The third-order valence-corrected chi connectivity index (χ3v) is 3.07. The second-order valence-electron chi connectivity index (χ2n) is 3.98. The largest absolute Gasteiger partial charge is 0.481 e. The number of aromatic nitrogens is 1. The molecule has 0 saturated carbocycles. The molecule has 1 fully saturated rings. The lowest BCUT2D eigenvalue weighted by Crippen LogP contribution is -2.46. The molecule has 0 atom stereocenters. The SMILES string of the molecule is O=C(O)C1(c2cccc(F)n2)CCNCC1. The molecular weight excluding hydrogens is 211 g/mol. The molecule has 1 saturated heterocycles. The lowest BCUT2D eigenvalue weighted by Gasteiger charge is -2.32. The van der Waals surface area contributed by atoms with Gasteiger partial charge in [0.1, 0.15) is 5.41 Å². The van der Waals surface area contributed by atoms with Gasteiger partial charge in [-0.2, -0.15) is 4.39 Å². The van der Waals surface area contributed by atoms with Gasteiger partial charge in [0.15, 0.2) is 0 Å². The summed E-state index contributed by atoms with van der Waals surface area (Å²) in [4.78, 5) is 15.1. The molecule has 1 aliphatic heterocycles. The van der Waals surface area contributed by atoms with Gasteiger partial charge in [0, 0.05) is 0 Å². The van der Waals surface area contributed by atoms with Crippen LogP contribution >= 0.6 is 0 Å². The van der Waals surface area contributed by atoms with E-state index in [1.807, 2.05) is 0 Å². The van der Waals surface area contributed by atoms with E-state index >= 15 is 0 Å². The number of piperidine rings is 1. The van der Waals surface area contributed by atoms with Gasteiger partial charge in [0.05, 0.1) is 5.69 Å².